The van der Waals surface area contributed by atoms with Crippen LogP contribution in [0.15, 0.2) is 72.8 Å². The van der Waals surface area contributed by atoms with E-state index in [0.717, 1.165) is 13.1 Å². The number of hydrogen-bond donors (Lipinski definition) is 0. The molecule has 0 bridgehead atoms. The first-order valence-corrected chi connectivity index (χ1v) is 10.9. The lowest BCUT2D eigenvalue weighted by Crippen LogP contribution is -2.54. The third-order valence-corrected chi connectivity index (χ3v) is 6.58. The van der Waals surface area contributed by atoms with E-state index in [-0.39, 0.29) is 18.6 Å². The summed E-state index contributed by atoms with van der Waals surface area (Å²) in [7, 11) is 0. The van der Waals surface area contributed by atoms with Crippen LogP contribution in [0, 0.1) is 0 Å². The topological polar surface area (TPSA) is 42.0 Å². The number of fused-ring (bicyclic) bond motifs is 4. The van der Waals surface area contributed by atoms with E-state index in [2.05, 4.69) is 53.4 Å². The molecule has 0 radical (unpaired) electrons. The highest BCUT2D eigenvalue weighted by molar-refractivity contribution is 5.82. The van der Waals surface area contributed by atoms with E-state index < -0.39 is 6.10 Å². The normalized spacial score (nSPS) is 20.3. The van der Waals surface area contributed by atoms with Crippen molar-refractivity contribution >= 4 is 5.91 Å². The molecule has 1 amide bonds. The van der Waals surface area contributed by atoms with Crippen LogP contribution >= 0.6 is 0 Å². The summed E-state index contributed by atoms with van der Waals surface area (Å²) in [6.07, 6.45) is -0.575. The van der Waals surface area contributed by atoms with Crippen LogP contribution in [0.4, 0.5) is 0 Å². The molecule has 0 aromatic heterocycles. The molecule has 2 heterocycles. The average molecular weight is 412 g/mol. The average Bonchev–Trinajstić information content (AvgIpc) is 3.18. The Kier molecular flexibility index (Phi) is 4.42. The van der Waals surface area contributed by atoms with Gasteiger partial charge >= 0.3 is 0 Å². The summed E-state index contributed by atoms with van der Waals surface area (Å²) < 4.78 is 11.7. The van der Waals surface area contributed by atoms with Crippen molar-refractivity contribution in [1.82, 2.24) is 9.80 Å². The van der Waals surface area contributed by atoms with E-state index in [1.165, 1.54) is 22.3 Å². The molecule has 3 aromatic rings. The number of rotatable bonds is 2. The number of carbonyl (C=O) groups excluding carboxylic acids is 1. The molecule has 5 heteroatoms. The quantitative estimate of drug-likeness (QED) is 0.643. The monoisotopic (exact) mass is 412 g/mol. The van der Waals surface area contributed by atoms with Gasteiger partial charge in [0.2, 0.25) is 6.10 Å². The summed E-state index contributed by atoms with van der Waals surface area (Å²) in [6.45, 7) is 3.33. The predicted molar refractivity (Wildman–Crippen MR) is 118 cm³/mol. The van der Waals surface area contributed by atoms with E-state index in [9.17, 15) is 4.79 Å². The van der Waals surface area contributed by atoms with Crippen molar-refractivity contribution in [3.05, 3.63) is 83.9 Å². The van der Waals surface area contributed by atoms with Crippen LogP contribution < -0.4 is 9.47 Å². The lowest BCUT2D eigenvalue weighted by Gasteiger charge is -2.40. The molecule has 156 valence electrons. The fourth-order valence-electron chi connectivity index (χ4n) is 5.07. The fourth-order valence-corrected chi connectivity index (χ4v) is 5.07. The smallest absolute Gasteiger partial charge is 0.267 e. The first-order chi connectivity index (χ1) is 15.3. The molecular formula is C26H24N2O3. The molecular weight excluding hydrogens is 388 g/mol. The highest BCUT2D eigenvalue weighted by Gasteiger charge is 2.37. The summed E-state index contributed by atoms with van der Waals surface area (Å²) in [5, 5.41) is 0. The maximum absolute atomic E-state index is 13.1. The van der Waals surface area contributed by atoms with Crippen molar-refractivity contribution in [1.29, 1.82) is 0 Å². The third-order valence-electron chi connectivity index (χ3n) is 6.58. The Balaban J connectivity index is 1.17. The second kappa shape index (κ2) is 7.43. The van der Waals surface area contributed by atoms with Crippen LogP contribution in [0.5, 0.6) is 11.5 Å². The summed E-state index contributed by atoms with van der Waals surface area (Å²) in [6, 6.07) is 25.1. The van der Waals surface area contributed by atoms with Crippen LogP contribution in [-0.4, -0.2) is 54.6 Å². The zero-order valence-electron chi connectivity index (χ0n) is 17.2. The Hall–Kier alpha value is -3.31. The highest BCUT2D eigenvalue weighted by Crippen LogP contribution is 2.46. The van der Waals surface area contributed by atoms with Crippen LogP contribution in [0.1, 0.15) is 17.2 Å². The van der Waals surface area contributed by atoms with E-state index in [4.69, 9.17) is 9.47 Å². The minimum Gasteiger partial charge on any atom is -0.485 e. The molecule has 31 heavy (non-hydrogen) atoms. The molecule has 0 N–H and O–H groups in total. The van der Waals surface area contributed by atoms with Gasteiger partial charge in [-0.2, -0.15) is 0 Å². The molecule has 3 aromatic carbocycles. The Morgan fingerprint density at radius 2 is 1.32 bits per heavy atom. The van der Waals surface area contributed by atoms with Crippen LogP contribution in [0.3, 0.4) is 0 Å². The van der Waals surface area contributed by atoms with Crippen molar-refractivity contribution in [2.45, 2.75) is 12.1 Å². The van der Waals surface area contributed by atoms with Gasteiger partial charge in [0, 0.05) is 26.2 Å². The number of nitrogens with zero attached hydrogens (tertiary/aromatic N) is 2. The van der Waals surface area contributed by atoms with Crippen molar-refractivity contribution in [3.63, 3.8) is 0 Å². The van der Waals surface area contributed by atoms with Crippen molar-refractivity contribution in [2.75, 3.05) is 32.8 Å². The first kappa shape index (κ1) is 18.5. The Morgan fingerprint density at radius 1 is 0.742 bits per heavy atom. The Morgan fingerprint density at radius 3 is 2.00 bits per heavy atom. The van der Waals surface area contributed by atoms with E-state index >= 15 is 0 Å². The molecule has 1 atom stereocenters. The number of para-hydroxylation sites is 2. The molecule has 1 fully saturated rings. The summed E-state index contributed by atoms with van der Waals surface area (Å²) in [4.78, 5) is 17.5. The van der Waals surface area contributed by atoms with Gasteiger partial charge in [-0.25, -0.2) is 0 Å². The molecule has 3 aliphatic rings. The van der Waals surface area contributed by atoms with Gasteiger partial charge < -0.3 is 14.4 Å². The molecule has 1 saturated heterocycles. The van der Waals surface area contributed by atoms with Crippen LogP contribution in [0.25, 0.3) is 11.1 Å². The van der Waals surface area contributed by atoms with Gasteiger partial charge in [0.15, 0.2) is 11.5 Å². The number of piperazine rings is 1. The molecule has 1 aliphatic carbocycles. The van der Waals surface area contributed by atoms with Crippen molar-refractivity contribution in [2.24, 2.45) is 0 Å². The number of amides is 1. The van der Waals surface area contributed by atoms with Crippen molar-refractivity contribution < 1.29 is 14.3 Å². The maximum Gasteiger partial charge on any atom is 0.267 e. The minimum absolute atomic E-state index is 0.0152. The van der Waals surface area contributed by atoms with Gasteiger partial charge in [0.25, 0.3) is 5.91 Å². The van der Waals surface area contributed by atoms with Crippen molar-refractivity contribution in [3.8, 4) is 22.6 Å². The van der Waals surface area contributed by atoms with E-state index in [0.29, 0.717) is 24.6 Å². The standard InChI is InChI=1S/C26H24N2O3/c29-26(24-17-30-22-11-5-6-12-23(22)31-24)28-15-13-27(14-16-28)25-20-9-3-1-7-18(20)19-8-2-4-10-21(19)25/h1-12,24-25H,13-17H2/t24-/m1/s1. The summed E-state index contributed by atoms with van der Waals surface area (Å²) >= 11 is 0. The lowest BCUT2D eigenvalue weighted by atomic mass is 10.0. The first-order valence-electron chi connectivity index (χ1n) is 10.9. The summed E-state index contributed by atoms with van der Waals surface area (Å²) in [5.41, 5.74) is 5.38. The molecule has 5 nitrogen and oxygen atoms in total. The van der Waals surface area contributed by atoms with Gasteiger partial charge in [-0.05, 0) is 34.4 Å². The van der Waals surface area contributed by atoms with Crippen LogP contribution in [0.2, 0.25) is 0 Å². The third kappa shape index (κ3) is 3.08. The number of ether oxygens (including phenoxy) is 2. The van der Waals surface area contributed by atoms with E-state index in [1.54, 1.807) is 0 Å². The Bertz CT molecular complexity index is 1090. The number of benzene rings is 3. The van der Waals surface area contributed by atoms with Gasteiger partial charge in [-0.3, -0.25) is 9.69 Å². The zero-order valence-corrected chi connectivity index (χ0v) is 17.2. The molecule has 0 unspecified atom stereocenters. The van der Waals surface area contributed by atoms with Crippen LogP contribution in [-0.2, 0) is 4.79 Å². The zero-order chi connectivity index (χ0) is 20.8. The molecule has 0 saturated carbocycles. The fraction of sp³-hybridized carbons (Fsp3) is 0.269. The molecule has 6 rings (SSSR count). The largest absolute Gasteiger partial charge is 0.485 e. The predicted octanol–water partition coefficient (Wildman–Crippen LogP) is 3.74. The summed E-state index contributed by atoms with van der Waals surface area (Å²) in [5.74, 6) is 1.36. The van der Waals surface area contributed by atoms with Gasteiger partial charge in [0.1, 0.15) is 6.61 Å². The SMILES string of the molecule is O=C([C@H]1COc2ccccc2O1)N1CCN(C2c3ccccc3-c3ccccc32)CC1. The minimum atomic E-state index is -0.575. The number of hydrogen-bond acceptors (Lipinski definition) is 4. The molecule has 2 aliphatic heterocycles. The molecule has 0 spiro atoms. The lowest BCUT2D eigenvalue weighted by molar-refractivity contribution is -0.143. The van der Waals surface area contributed by atoms with E-state index in [1.807, 2.05) is 29.2 Å². The maximum atomic E-state index is 13.1. The second-order valence-electron chi connectivity index (χ2n) is 8.30. The van der Waals surface area contributed by atoms with Gasteiger partial charge in [0.05, 0.1) is 6.04 Å². The Labute approximate surface area is 181 Å². The highest BCUT2D eigenvalue weighted by atomic mass is 16.6. The van der Waals surface area contributed by atoms with Gasteiger partial charge in [-0.1, -0.05) is 60.7 Å². The van der Waals surface area contributed by atoms with Gasteiger partial charge in [-0.15, -0.1) is 0 Å². The number of carbonyl (C=O) groups is 1. The second-order valence-corrected chi connectivity index (χ2v) is 8.30.